The minimum atomic E-state index is -0.309. The van der Waals surface area contributed by atoms with Gasteiger partial charge in [0.1, 0.15) is 5.75 Å². The number of hydrogen-bond acceptors (Lipinski definition) is 4. The maximum absolute atomic E-state index is 11.8. The quantitative estimate of drug-likeness (QED) is 0.814. The third-order valence-electron chi connectivity index (χ3n) is 4.64. The number of benzene rings is 1. The van der Waals surface area contributed by atoms with Crippen LogP contribution in [0.15, 0.2) is 24.3 Å². The monoisotopic (exact) mass is 331 g/mol. The fourth-order valence-corrected chi connectivity index (χ4v) is 3.07. The van der Waals surface area contributed by atoms with Crippen LogP contribution < -0.4 is 10.1 Å². The average molecular weight is 331 g/mol. The Morgan fingerprint density at radius 1 is 1.04 bits per heavy atom. The minimum absolute atomic E-state index is 0.174. The van der Waals surface area contributed by atoms with E-state index in [1.807, 2.05) is 12.1 Å². The third-order valence-corrected chi connectivity index (χ3v) is 4.64. The van der Waals surface area contributed by atoms with E-state index >= 15 is 0 Å². The first-order valence-corrected chi connectivity index (χ1v) is 8.90. The molecule has 24 heavy (non-hydrogen) atoms. The number of amides is 1. The van der Waals surface area contributed by atoms with Crippen molar-refractivity contribution in [2.75, 3.05) is 6.61 Å². The highest BCUT2D eigenvalue weighted by molar-refractivity contribution is 5.89. The van der Waals surface area contributed by atoms with Gasteiger partial charge in [-0.15, -0.1) is 0 Å². The van der Waals surface area contributed by atoms with Crippen molar-refractivity contribution in [1.82, 2.24) is 5.32 Å². The summed E-state index contributed by atoms with van der Waals surface area (Å²) in [6, 6.07) is 7.38. The molecule has 2 aliphatic rings. The van der Waals surface area contributed by atoms with Crippen molar-refractivity contribution >= 4 is 11.9 Å². The smallest absolute Gasteiger partial charge is 0.338 e. The van der Waals surface area contributed by atoms with Crippen LogP contribution in [0.1, 0.15) is 55.8 Å². The van der Waals surface area contributed by atoms with Crippen LogP contribution in [0.2, 0.25) is 0 Å². The highest BCUT2D eigenvalue weighted by Crippen LogP contribution is 2.30. The lowest BCUT2D eigenvalue weighted by Gasteiger charge is -2.29. The first-order valence-electron chi connectivity index (χ1n) is 8.90. The van der Waals surface area contributed by atoms with E-state index in [2.05, 4.69) is 5.32 Å². The van der Waals surface area contributed by atoms with E-state index in [-0.39, 0.29) is 23.9 Å². The summed E-state index contributed by atoms with van der Waals surface area (Å²) in [5, 5.41) is 3.15. The molecule has 0 radical (unpaired) electrons. The number of esters is 1. The number of nitrogens with one attached hydrogen (secondary N) is 1. The number of carbonyl (C=O) groups is 2. The Labute approximate surface area is 142 Å². The van der Waals surface area contributed by atoms with Gasteiger partial charge in [0.2, 0.25) is 5.91 Å². The van der Waals surface area contributed by atoms with Gasteiger partial charge < -0.3 is 14.8 Å². The second-order valence-corrected chi connectivity index (χ2v) is 6.62. The molecule has 0 aliphatic heterocycles. The standard InChI is InChI=1S/C19H25NO4/c1-2-23-19(22)14-5-9-16(10-6-14)24-17-11-7-15(8-12-17)20-18(21)13-3-4-13/h5-6,9-10,13,15,17H,2-4,7-8,11-12H2,1H3,(H,20,21). The van der Waals surface area contributed by atoms with Crippen LogP contribution in [0.4, 0.5) is 0 Å². The predicted molar refractivity (Wildman–Crippen MR) is 89.9 cm³/mol. The number of hydrogen-bond donors (Lipinski definition) is 1. The van der Waals surface area contributed by atoms with E-state index in [4.69, 9.17) is 9.47 Å². The fourth-order valence-electron chi connectivity index (χ4n) is 3.07. The topological polar surface area (TPSA) is 64.6 Å². The molecule has 1 aromatic carbocycles. The fraction of sp³-hybridized carbons (Fsp3) is 0.579. The van der Waals surface area contributed by atoms with Crippen molar-refractivity contribution in [2.45, 2.75) is 57.6 Å². The second-order valence-electron chi connectivity index (χ2n) is 6.62. The molecule has 2 fully saturated rings. The molecule has 0 heterocycles. The summed E-state index contributed by atoms with van der Waals surface area (Å²) in [6.45, 7) is 2.16. The molecule has 3 rings (SSSR count). The van der Waals surface area contributed by atoms with E-state index in [0.29, 0.717) is 18.2 Å². The zero-order valence-corrected chi connectivity index (χ0v) is 14.1. The molecule has 1 aromatic rings. The van der Waals surface area contributed by atoms with E-state index in [9.17, 15) is 9.59 Å². The summed E-state index contributed by atoms with van der Waals surface area (Å²) < 4.78 is 11.0. The Hall–Kier alpha value is -2.04. The Morgan fingerprint density at radius 2 is 1.71 bits per heavy atom. The zero-order valence-electron chi connectivity index (χ0n) is 14.1. The number of rotatable bonds is 6. The SMILES string of the molecule is CCOC(=O)c1ccc(OC2CCC(NC(=O)C3CC3)CC2)cc1. The molecule has 2 saturated carbocycles. The largest absolute Gasteiger partial charge is 0.490 e. The summed E-state index contributed by atoms with van der Waals surface area (Å²) >= 11 is 0. The summed E-state index contributed by atoms with van der Waals surface area (Å²) in [5.74, 6) is 0.968. The van der Waals surface area contributed by atoms with Gasteiger partial charge in [-0.2, -0.15) is 0 Å². The first kappa shape index (κ1) is 16.8. The summed E-state index contributed by atoms with van der Waals surface area (Å²) in [6.07, 6.45) is 6.07. The zero-order chi connectivity index (χ0) is 16.9. The van der Waals surface area contributed by atoms with Crippen molar-refractivity contribution in [3.05, 3.63) is 29.8 Å². The molecular weight excluding hydrogens is 306 g/mol. The van der Waals surface area contributed by atoms with Gasteiger partial charge in [0, 0.05) is 12.0 Å². The Balaban J connectivity index is 1.43. The first-order chi connectivity index (χ1) is 11.7. The predicted octanol–water partition coefficient (Wildman–Crippen LogP) is 3.08. The van der Waals surface area contributed by atoms with E-state index in [1.165, 1.54) is 0 Å². The van der Waals surface area contributed by atoms with Gasteiger partial charge in [-0.25, -0.2) is 4.79 Å². The van der Waals surface area contributed by atoms with Crippen molar-refractivity contribution < 1.29 is 19.1 Å². The number of carbonyl (C=O) groups excluding carboxylic acids is 2. The van der Waals surface area contributed by atoms with Crippen molar-refractivity contribution in [3.63, 3.8) is 0 Å². The summed E-state index contributed by atoms with van der Waals surface area (Å²) in [4.78, 5) is 23.4. The van der Waals surface area contributed by atoms with E-state index in [1.54, 1.807) is 19.1 Å². The van der Waals surface area contributed by atoms with Crippen molar-refractivity contribution in [1.29, 1.82) is 0 Å². The van der Waals surface area contributed by atoms with Gasteiger partial charge in [0.15, 0.2) is 0 Å². The molecule has 1 N–H and O–H groups in total. The molecule has 0 saturated heterocycles. The minimum Gasteiger partial charge on any atom is -0.490 e. The van der Waals surface area contributed by atoms with Crippen LogP contribution in [-0.2, 0) is 9.53 Å². The molecule has 0 atom stereocenters. The normalized spacial score (nSPS) is 23.4. The lowest BCUT2D eigenvalue weighted by atomic mass is 9.92. The molecular formula is C19H25NO4. The Morgan fingerprint density at radius 3 is 2.29 bits per heavy atom. The molecule has 1 amide bonds. The van der Waals surface area contributed by atoms with Crippen molar-refractivity contribution in [2.24, 2.45) is 5.92 Å². The van der Waals surface area contributed by atoms with Gasteiger partial charge in [0.05, 0.1) is 18.3 Å². The van der Waals surface area contributed by atoms with Gasteiger partial charge in [-0.1, -0.05) is 0 Å². The average Bonchev–Trinajstić information content (AvgIpc) is 3.42. The molecule has 0 unspecified atom stereocenters. The second kappa shape index (κ2) is 7.69. The number of ether oxygens (including phenoxy) is 2. The maximum Gasteiger partial charge on any atom is 0.338 e. The van der Waals surface area contributed by atoms with Crippen LogP contribution in [0.5, 0.6) is 5.75 Å². The van der Waals surface area contributed by atoms with E-state index < -0.39 is 0 Å². The van der Waals surface area contributed by atoms with Gasteiger partial charge in [-0.05, 0) is 69.7 Å². The van der Waals surface area contributed by atoms with Crippen LogP contribution >= 0.6 is 0 Å². The van der Waals surface area contributed by atoms with Gasteiger partial charge in [-0.3, -0.25) is 4.79 Å². The van der Waals surface area contributed by atoms with Crippen LogP contribution in [0.3, 0.4) is 0 Å². The summed E-state index contributed by atoms with van der Waals surface area (Å²) in [7, 11) is 0. The lowest BCUT2D eigenvalue weighted by Crippen LogP contribution is -2.40. The Bertz CT molecular complexity index is 572. The van der Waals surface area contributed by atoms with Crippen molar-refractivity contribution in [3.8, 4) is 5.75 Å². The van der Waals surface area contributed by atoms with Gasteiger partial charge >= 0.3 is 5.97 Å². The summed E-state index contributed by atoms with van der Waals surface area (Å²) in [5.41, 5.74) is 0.538. The van der Waals surface area contributed by atoms with Crippen LogP contribution in [-0.4, -0.2) is 30.6 Å². The lowest BCUT2D eigenvalue weighted by molar-refractivity contribution is -0.123. The third kappa shape index (κ3) is 4.49. The van der Waals surface area contributed by atoms with E-state index in [0.717, 1.165) is 44.3 Å². The molecule has 0 spiro atoms. The Kier molecular flexibility index (Phi) is 5.38. The van der Waals surface area contributed by atoms with Gasteiger partial charge in [0.25, 0.3) is 0 Å². The highest BCUT2D eigenvalue weighted by atomic mass is 16.5. The van der Waals surface area contributed by atoms with Crippen LogP contribution in [0.25, 0.3) is 0 Å². The molecule has 0 aromatic heterocycles. The molecule has 5 heteroatoms. The highest BCUT2D eigenvalue weighted by Gasteiger charge is 2.32. The van der Waals surface area contributed by atoms with Crippen LogP contribution in [0, 0.1) is 5.92 Å². The molecule has 0 bridgehead atoms. The maximum atomic E-state index is 11.8. The molecule has 130 valence electrons. The molecule has 2 aliphatic carbocycles. The molecule has 5 nitrogen and oxygen atoms in total.